The minimum atomic E-state index is -0.127. The molecule has 4 heteroatoms. The SMILES string of the molecule is CON(C)C(=O)[C@@H]1C[C@H]1C=O. The summed E-state index contributed by atoms with van der Waals surface area (Å²) in [4.78, 5) is 26.0. The Kier molecular flexibility index (Phi) is 2.24. The maximum Gasteiger partial charge on any atom is 0.249 e. The molecule has 1 rings (SSSR count). The largest absolute Gasteiger partial charge is 0.303 e. The molecule has 0 aliphatic heterocycles. The minimum absolute atomic E-state index is 0.0694. The van der Waals surface area contributed by atoms with Crippen LogP contribution in [0.1, 0.15) is 6.42 Å². The van der Waals surface area contributed by atoms with Crippen LogP contribution in [0, 0.1) is 11.8 Å². The van der Waals surface area contributed by atoms with Gasteiger partial charge in [-0.1, -0.05) is 0 Å². The fraction of sp³-hybridized carbons (Fsp3) is 0.714. The molecule has 0 radical (unpaired) electrons. The van der Waals surface area contributed by atoms with Crippen LogP contribution in [0.4, 0.5) is 0 Å². The van der Waals surface area contributed by atoms with Crippen molar-refractivity contribution in [1.29, 1.82) is 0 Å². The summed E-state index contributed by atoms with van der Waals surface area (Å²) in [6.45, 7) is 0. The number of carbonyl (C=O) groups excluding carboxylic acids is 2. The van der Waals surface area contributed by atoms with E-state index in [4.69, 9.17) is 0 Å². The lowest BCUT2D eigenvalue weighted by atomic mass is 10.3. The van der Waals surface area contributed by atoms with Crippen LogP contribution in [0.2, 0.25) is 0 Å². The molecule has 0 aromatic heterocycles. The highest BCUT2D eigenvalue weighted by molar-refractivity contribution is 5.85. The highest BCUT2D eigenvalue weighted by atomic mass is 16.7. The number of carbonyl (C=O) groups is 2. The molecule has 1 fully saturated rings. The highest BCUT2D eigenvalue weighted by Gasteiger charge is 2.44. The second-order valence-corrected chi connectivity index (χ2v) is 2.66. The van der Waals surface area contributed by atoms with Gasteiger partial charge in [0.05, 0.1) is 13.0 Å². The lowest BCUT2D eigenvalue weighted by molar-refractivity contribution is -0.170. The number of hydrogen-bond acceptors (Lipinski definition) is 3. The average Bonchev–Trinajstić information content (AvgIpc) is 2.80. The van der Waals surface area contributed by atoms with E-state index in [2.05, 4.69) is 4.84 Å². The number of hydroxylamine groups is 2. The number of hydrogen-bond donors (Lipinski definition) is 0. The monoisotopic (exact) mass is 157 g/mol. The van der Waals surface area contributed by atoms with Crippen molar-refractivity contribution in [3.63, 3.8) is 0 Å². The zero-order valence-electron chi connectivity index (χ0n) is 6.61. The molecule has 1 amide bonds. The molecule has 2 atom stereocenters. The molecule has 11 heavy (non-hydrogen) atoms. The smallest absolute Gasteiger partial charge is 0.249 e. The van der Waals surface area contributed by atoms with Crippen molar-refractivity contribution in [2.24, 2.45) is 11.8 Å². The normalized spacial score (nSPS) is 27.8. The van der Waals surface area contributed by atoms with E-state index in [0.717, 1.165) is 11.3 Å². The summed E-state index contributed by atoms with van der Waals surface area (Å²) in [5.41, 5.74) is 0. The van der Waals surface area contributed by atoms with E-state index in [9.17, 15) is 9.59 Å². The molecule has 0 saturated heterocycles. The maximum absolute atomic E-state index is 11.1. The molecule has 0 aromatic carbocycles. The molecule has 1 aliphatic carbocycles. The summed E-state index contributed by atoms with van der Waals surface area (Å²) in [5.74, 6) is -0.304. The number of rotatable bonds is 3. The van der Waals surface area contributed by atoms with Crippen molar-refractivity contribution >= 4 is 12.2 Å². The highest BCUT2D eigenvalue weighted by Crippen LogP contribution is 2.37. The molecule has 0 N–H and O–H groups in total. The van der Waals surface area contributed by atoms with E-state index in [1.165, 1.54) is 7.11 Å². The van der Waals surface area contributed by atoms with E-state index >= 15 is 0 Å². The molecule has 62 valence electrons. The Bertz CT molecular complexity index is 181. The van der Waals surface area contributed by atoms with Crippen molar-refractivity contribution in [2.75, 3.05) is 14.2 Å². The zero-order valence-corrected chi connectivity index (χ0v) is 6.61. The lowest BCUT2D eigenvalue weighted by Gasteiger charge is -2.12. The Morgan fingerprint density at radius 1 is 1.73 bits per heavy atom. The minimum Gasteiger partial charge on any atom is -0.303 e. The molecule has 0 spiro atoms. The van der Waals surface area contributed by atoms with Crippen LogP contribution in [0.15, 0.2) is 0 Å². The molecule has 0 unspecified atom stereocenters. The predicted octanol–water partition coefficient (Wildman–Crippen LogP) is -0.159. The van der Waals surface area contributed by atoms with Crippen molar-refractivity contribution in [1.82, 2.24) is 5.06 Å². The molecule has 4 nitrogen and oxygen atoms in total. The quantitative estimate of drug-likeness (QED) is 0.422. The fourth-order valence-corrected chi connectivity index (χ4v) is 0.972. The van der Waals surface area contributed by atoms with Gasteiger partial charge in [0.15, 0.2) is 0 Å². The van der Waals surface area contributed by atoms with E-state index in [1.54, 1.807) is 7.05 Å². The predicted molar refractivity (Wildman–Crippen MR) is 37.4 cm³/mol. The third kappa shape index (κ3) is 1.57. The van der Waals surface area contributed by atoms with Gasteiger partial charge in [0.25, 0.3) is 0 Å². The van der Waals surface area contributed by atoms with Crippen LogP contribution in [0.25, 0.3) is 0 Å². The van der Waals surface area contributed by atoms with Gasteiger partial charge in [-0.05, 0) is 6.42 Å². The molecule has 0 bridgehead atoms. The third-order valence-electron chi connectivity index (χ3n) is 1.92. The van der Waals surface area contributed by atoms with Gasteiger partial charge in [-0.2, -0.15) is 0 Å². The number of amides is 1. The summed E-state index contributed by atoms with van der Waals surface area (Å²) in [6, 6.07) is 0. The third-order valence-corrected chi connectivity index (χ3v) is 1.92. The first-order valence-electron chi connectivity index (χ1n) is 3.47. The number of nitrogens with zero attached hydrogens (tertiary/aromatic N) is 1. The van der Waals surface area contributed by atoms with Gasteiger partial charge in [-0.3, -0.25) is 9.63 Å². The molecular weight excluding hydrogens is 146 g/mol. The Balaban J connectivity index is 2.38. The fourth-order valence-electron chi connectivity index (χ4n) is 0.972. The molecule has 1 aliphatic rings. The van der Waals surface area contributed by atoms with Gasteiger partial charge < -0.3 is 4.79 Å². The standard InChI is InChI=1S/C7H11NO3/c1-8(11-2)7(10)6-3-5(6)4-9/h4-6H,3H2,1-2H3/t5-,6+/m0/s1. The van der Waals surface area contributed by atoms with Crippen molar-refractivity contribution < 1.29 is 14.4 Å². The van der Waals surface area contributed by atoms with Crippen molar-refractivity contribution in [3.8, 4) is 0 Å². The summed E-state index contributed by atoms with van der Waals surface area (Å²) >= 11 is 0. The molecule has 0 aromatic rings. The molecular formula is C7H11NO3. The first-order valence-corrected chi connectivity index (χ1v) is 3.47. The van der Waals surface area contributed by atoms with E-state index < -0.39 is 0 Å². The topological polar surface area (TPSA) is 46.6 Å². The van der Waals surface area contributed by atoms with E-state index in [0.29, 0.717) is 6.42 Å². The lowest BCUT2D eigenvalue weighted by Crippen LogP contribution is -2.27. The van der Waals surface area contributed by atoms with E-state index in [1.807, 2.05) is 0 Å². The van der Waals surface area contributed by atoms with Crippen molar-refractivity contribution in [2.45, 2.75) is 6.42 Å². The summed E-state index contributed by atoms with van der Waals surface area (Å²) < 4.78 is 0. The van der Waals surface area contributed by atoms with Crippen LogP contribution >= 0.6 is 0 Å². The Morgan fingerprint density at radius 2 is 2.36 bits per heavy atom. The van der Waals surface area contributed by atoms with Gasteiger partial charge >= 0.3 is 0 Å². The Hall–Kier alpha value is -0.900. The first kappa shape index (κ1) is 8.20. The number of aldehydes is 1. The average molecular weight is 157 g/mol. The van der Waals surface area contributed by atoms with Crippen LogP contribution < -0.4 is 0 Å². The molecule has 0 heterocycles. The van der Waals surface area contributed by atoms with E-state index in [-0.39, 0.29) is 17.7 Å². The first-order chi connectivity index (χ1) is 5.20. The molecule has 1 saturated carbocycles. The summed E-state index contributed by atoms with van der Waals surface area (Å²) in [6.07, 6.45) is 1.50. The Morgan fingerprint density at radius 3 is 2.73 bits per heavy atom. The second-order valence-electron chi connectivity index (χ2n) is 2.66. The van der Waals surface area contributed by atoms with Crippen LogP contribution in [-0.2, 0) is 14.4 Å². The van der Waals surface area contributed by atoms with Crippen LogP contribution in [0.3, 0.4) is 0 Å². The second kappa shape index (κ2) is 3.00. The van der Waals surface area contributed by atoms with Crippen LogP contribution in [0.5, 0.6) is 0 Å². The van der Waals surface area contributed by atoms with Gasteiger partial charge in [0.2, 0.25) is 5.91 Å². The van der Waals surface area contributed by atoms with Crippen molar-refractivity contribution in [3.05, 3.63) is 0 Å². The zero-order chi connectivity index (χ0) is 8.43. The summed E-state index contributed by atoms with van der Waals surface area (Å²) in [5, 5.41) is 1.16. The van der Waals surface area contributed by atoms with Crippen LogP contribution in [-0.4, -0.2) is 31.4 Å². The van der Waals surface area contributed by atoms with Gasteiger partial charge in [0, 0.05) is 13.0 Å². The Labute approximate surface area is 65.1 Å². The maximum atomic E-state index is 11.1. The summed E-state index contributed by atoms with van der Waals surface area (Å²) in [7, 11) is 2.97. The van der Waals surface area contributed by atoms with Gasteiger partial charge in [0.1, 0.15) is 6.29 Å². The van der Waals surface area contributed by atoms with Gasteiger partial charge in [-0.25, -0.2) is 5.06 Å². The van der Waals surface area contributed by atoms with Gasteiger partial charge in [-0.15, -0.1) is 0 Å².